The van der Waals surface area contributed by atoms with Crippen LogP contribution in [0.15, 0.2) is 11.3 Å². The first-order chi connectivity index (χ1) is 12.7. The SMILES string of the molecule is CCCCCCCCCCN(CCCCCCCCCC)[SiH2]C=C(C)C. The Bertz CT molecular complexity index is 277. The van der Waals surface area contributed by atoms with Crippen LogP contribution in [0.2, 0.25) is 0 Å². The first kappa shape index (κ1) is 25.9. The summed E-state index contributed by atoms with van der Waals surface area (Å²) in [6.07, 6.45) is 23.0. The van der Waals surface area contributed by atoms with Crippen molar-refractivity contribution in [1.29, 1.82) is 0 Å². The summed E-state index contributed by atoms with van der Waals surface area (Å²) >= 11 is 0. The van der Waals surface area contributed by atoms with Crippen molar-refractivity contribution in [3.8, 4) is 0 Å². The summed E-state index contributed by atoms with van der Waals surface area (Å²) in [5.41, 5.74) is 4.07. The molecule has 0 aliphatic rings. The van der Waals surface area contributed by atoms with Gasteiger partial charge < -0.3 is 4.57 Å². The zero-order chi connectivity index (χ0) is 19.3. The van der Waals surface area contributed by atoms with Crippen LogP contribution < -0.4 is 0 Å². The van der Waals surface area contributed by atoms with Crippen molar-refractivity contribution in [3.63, 3.8) is 0 Å². The van der Waals surface area contributed by atoms with Crippen LogP contribution in [0.3, 0.4) is 0 Å². The van der Waals surface area contributed by atoms with E-state index < -0.39 is 0 Å². The molecule has 0 saturated heterocycles. The molecule has 0 fully saturated rings. The summed E-state index contributed by atoms with van der Waals surface area (Å²) < 4.78 is 2.83. The highest BCUT2D eigenvalue weighted by atomic mass is 28.2. The molecule has 0 aromatic rings. The molecule has 0 saturated carbocycles. The van der Waals surface area contributed by atoms with Crippen LogP contribution in [-0.2, 0) is 0 Å². The smallest absolute Gasteiger partial charge is 0.119 e. The Morgan fingerprint density at radius 1 is 0.577 bits per heavy atom. The lowest BCUT2D eigenvalue weighted by Gasteiger charge is -2.21. The van der Waals surface area contributed by atoms with Gasteiger partial charge in [0.25, 0.3) is 0 Å². The molecule has 0 aliphatic heterocycles. The van der Waals surface area contributed by atoms with Gasteiger partial charge in [0.2, 0.25) is 0 Å². The van der Waals surface area contributed by atoms with Crippen molar-refractivity contribution in [2.24, 2.45) is 0 Å². The minimum Gasteiger partial charge on any atom is -0.325 e. The molecule has 0 amide bonds. The fraction of sp³-hybridized carbons (Fsp3) is 0.917. The Hall–Kier alpha value is -0.0831. The van der Waals surface area contributed by atoms with Gasteiger partial charge in [-0.3, -0.25) is 0 Å². The lowest BCUT2D eigenvalue weighted by molar-refractivity contribution is 0.405. The van der Waals surface area contributed by atoms with E-state index in [9.17, 15) is 0 Å². The maximum atomic E-state index is 2.83. The molecule has 0 aromatic carbocycles. The van der Waals surface area contributed by atoms with Gasteiger partial charge in [0.1, 0.15) is 9.68 Å². The normalized spacial score (nSPS) is 11.7. The molecule has 2 heteroatoms. The van der Waals surface area contributed by atoms with Crippen LogP contribution >= 0.6 is 0 Å². The van der Waals surface area contributed by atoms with Crippen molar-refractivity contribution in [2.75, 3.05) is 13.1 Å². The molecular formula is C24H51NSi. The van der Waals surface area contributed by atoms with Crippen LogP contribution in [0.25, 0.3) is 0 Å². The Labute approximate surface area is 169 Å². The van der Waals surface area contributed by atoms with Gasteiger partial charge in [-0.2, -0.15) is 0 Å². The molecule has 26 heavy (non-hydrogen) atoms. The second kappa shape index (κ2) is 21.2. The van der Waals surface area contributed by atoms with E-state index in [0.29, 0.717) is 0 Å². The number of nitrogens with zero attached hydrogens (tertiary/aromatic N) is 1. The lowest BCUT2D eigenvalue weighted by Crippen LogP contribution is -2.29. The maximum absolute atomic E-state index is 2.83. The van der Waals surface area contributed by atoms with Gasteiger partial charge in [-0.05, 0) is 39.8 Å². The first-order valence-electron chi connectivity index (χ1n) is 12.1. The van der Waals surface area contributed by atoms with Crippen LogP contribution in [0.4, 0.5) is 0 Å². The third kappa shape index (κ3) is 20.2. The predicted molar refractivity (Wildman–Crippen MR) is 125 cm³/mol. The molecule has 0 rings (SSSR count). The molecule has 0 radical (unpaired) electrons. The number of hydrogen-bond donors (Lipinski definition) is 0. The molecule has 0 bridgehead atoms. The highest BCUT2D eigenvalue weighted by molar-refractivity contribution is 6.38. The minimum atomic E-state index is -0.152. The molecule has 0 heterocycles. The third-order valence-corrected chi connectivity index (χ3v) is 7.56. The standard InChI is InChI=1S/C24H51NSi/c1-5-7-9-11-13-15-17-19-21-25(26-23-24(3)4)22-20-18-16-14-12-10-8-6-2/h23H,5-22,26H2,1-4H3. The second-order valence-electron chi connectivity index (χ2n) is 8.53. The van der Waals surface area contributed by atoms with Gasteiger partial charge in [0.15, 0.2) is 0 Å². The average molecular weight is 382 g/mol. The van der Waals surface area contributed by atoms with Crippen LogP contribution in [0.5, 0.6) is 0 Å². The summed E-state index contributed by atoms with van der Waals surface area (Å²) in [6, 6.07) is 0. The summed E-state index contributed by atoms with van der Waals surface area (Å²) in [5, 5.41) is 0. The summed E-state index contributed by atoms with van der Waals surface area (Å²) in [7, 11) is -0.152. The zero-order valence-electron chi connectivity index (χ0n) is 19.0. The van der Waals surface area contributed by atoms with Crippen molar-refractivity contribution in [3.05, 3.63) is 11.3 Å². The number of unbranched alkanes of at least 4 members (excludes halogenated alkanes) is 14. The Morgan fingerprint density at radius 2 is 0.923 bits per heavy atom. The fourth-order valence-electron chi connectivity index (χ4n) is 3.54. The topological polar surface area (TPSA) is 3.24 Å². The van der Waals surface area contributed by atoms with E-state index in [2.05, 4.69) is 38.0 Å². The second-order valence-corrected chi connectivity index (χ2v) is 10.2. The van der Waals surface area contributed by atoms with Gasteiger partial charge in [-0.15, -0.1) is 0 Å². The summed E-state index contributed by atoms with van der Waals surface area (Å²) in [5.74, 6) is 0. The van der Waals surface area contributed by atoms with Gasteiger partial charge in [0, 0.05) is 0 Å². The zero-order valence-corrected chi connectivity index (χ0v) is 20.4. The van der Waals surface area contributed by atoms with Gasteiger partial charge in [-0.25, -0.2) is 0 Å². The molecule has 0 atom stereocenters. The quantitative estimate of drug-likeness (QED) is 0.155. The Morgan fingerprint density at radius 3 is 1.27 bits per heavy atom. The van der Waals surface area contributed by atoms with Gasteiger partial charge >= 0.3 is 0 Å². The van der Waals surface area contributed by atoms with Crippen molar-refractivity contribution in [2.45, 2.75) is 130 Å². The Balaban J connectivity index is 3.72. The molecule has 1 nitrogen and oxygen atoms in total. The van der Waals surface area contributed by atoms with E-state index in [-0.39, 0.29) is 9.68 Å². The van der Waals surface area contributed by atoms with Crippen molar-refractivity contribution in [1.82, 2.24) is 4.57 Å². The molecule has 0 aromatic heterocycles. The Kier molecular flexibility index (Phi) is 21.2. The van der Waals surface area contributed by atoms with E-state index in [1.807, 2.05) is 0 Å². The molecule has 0 N–H and O–H groups in total. The van der Waals surface area contributed by atoms with E-state index in [4.69, 9.17) is 0 Å². The number of rotatable bonds is 20. The number of hydrogen-bond acceptors (Lipinski definition) is 1. The molecule has 0 spiro atoms. The van der Waals surface area contributed by atoms with E-state index in [1.54, 1.807) is 0 Å². The third-order valence-electron chi connectivity index (χ3n) is 5.41. The molecule has 156 valence electrons. The van der Waals surface area contributed by atoms with Crippen LogP contribution in [0, 0.1) is 0 Å². The molecule has 0 aliphatic carbocycles. The van der Waals surface area contributed by atoms with Crippen LogP contribution in [-0.4, -0.2) is 27.3 Å². The lowest BCUT2D eigenvalue weighted by atomic mass is 10.1. The molecular weight excluding hydrogens is 330 g/mol. The highest BCUT2D eigenvalue weighted by Crippen LogP contribution is 2.11. The van der Waals surface area contributed by atoms with Crippen molar-refractivity contribution < 1.29 is 0 Å². The van der Waals surface area contributed by atoms with Crippen molar-refractivity contribution >= 4 is 9.68 Å². The van der Waals surface area contributed by atoms with E-state index in [0.717, 1.165) is 0 Å². The van der Waals surface area contributed by atoms with Gasteiger partial charge in [-0.1, -0.05) is 115 Å². The predicted octanol–water partition coefficient (Wildman–Crippen LogP) is 7.58. The molecule has 0 unspecified atom stereocenters. The number of allylic oxidation sites excluding steroid dienone is 1. The largest absolute Gasteiger partial charge is 0.325 e. The fourth-order valence-corrected chi connectivity index (χ4v) is 4.98. The first-order valence-corrected chi connectivity index (χ1v) is 13.5. The van der Waals surface area contributed by atoms with Gasteiger partial charge in [0.05, 0.1) is 0 Å². The highest BCUT2D eigenvalue weighted by Gasteiger charge is 2.04. The van der Waals surface area contributed by atoms with E-state index >= 15 is 0 Å². The minimum absolute atomic E-state index is 0.152. The summed E-state index contributed by atoms with van der Waals surface area (Å²) in [6.45, 7) is 11.9. The van der Waals surface area contributed by atoms with E-state index in [1.165, 1.54) is 121 Å². The maximum Gasteiger partial charge on any atom is 0.119 e. The van der Waals surface area contributed by atoms with Crippen LogP contribution in [0.1, 0.15) is 130 Å². The average Bonchev–Trinajstić information content (AvgIpc) is 2.63. The monoisotopic (exact) mass is 381 g/mol. The summed E-state index contributed by atoms with van der Waals surface area (Å²) in [4.78, 5) is 0.